The molecule has 1 aromatic carbocycles. The lowest BCUT2D eigenvalue weighted by molar-refractivity contribution is -0.117. The van der Waals surface area contributed by atoms with Gasteiger partial charge in [-0.3, -0.25) is 9.59 Å². The monoisotopic (exact) mass is 337 g/mol. The molecule has 0 bridgehead atoms. The number of carbonyl (C=O) groups excluding carboxylic acids is 2. The Hall–Kier alpha value is -2.16. The highest BCUT2D eigenvalue weighted by Crippen LogP contribution is 2.52. The Balaban J connectivity index is 1.63. The fraction of sp³-hybridized carbons (Fsp3) is 0.455. The smallest absolute Gasteiger partial charge is 0.228 e. The van der Waals surface area contributed by atoms with Crippen molar-refractivity contribution < 1.29 is 9.59 Å². The van der Waals surface area contributed by atoms with Gasteiger partial charge in [-0.05, 0) is 69.4 Å². The van der Waals surface area contributed by atoms with Crippen molar-refractivity contribution in [2.75, 3.05) is 5.32 Å². The van der Waals surface area contributed by atoms with Crippen LogP contribution in [-0.4, -0.2) is 11.7 Å². The SMILES string of the molecule is CC(=O)c1cccc(NC(=O)C2[C@H]3CC/C=C/CC/C=C\CC[C@@H]23)c1. The van der Waals surface area contributed by atoms with Crippen LogP contribution in [0.5, 0.6) is 0 Å². The molecule has 0 aromatic heterocycles. The molecule has 3 nitrogen and oxygen atoms in total. The van der Waals surface area contributed by atoms with Gasteiger partial charge in [0, 0.05) is 17.2 Å². The van der Waals surface area contributed by atoms with E-state index in [1.165, 1.54) is 0 Å². The zero-order valence-electron chi connectivity index (χ0n) is 14.9. The molecular weight excluding hydrogens is 310 g/mol. The lowest BCUT2D eigenvalue weighted by Crippen LogP contribution is -2.16. The van der Waals surface area contributed by atoms with Crippen LogP contribution in [0.2, 0.25) is 0 Å². The maximum absolute atomic E-state index is 12.7. The molecule has 3 atom stereocenters. The van der Waals surface area contributed by atoms with E-state index in [0.29, 0.717) is 17.4 Å². The lowest BCUT2D eigenvalue weighted by atomic mass is 10.1. The summed E-state index contributed by atoms with van der Waals surface area (Å²) in [6.45, 7) is 1.54. The topological polar surface area (TPSA) is 46.2 Å². The highest BCUT2D eigenvalue weighted by molar-refractivity contribution is 5.98. The van der Waals surface area contributed by atoms with Crippen molar-refractivity contribution in [3.05, 3.63) is 54.1 Å². The van der Waals surface area contributed by atoms with Crippen molar-refractivity contribution in [1.82, 2.24) is 0 Å². The van der Waals surface area contributed by atoms with Crippen molar-refractivity contribution in [3.8, 4) is 0 Å². The van der Waals surface area contributed by atoms with Crippen LogP contribution in [0.1, 0.15) is 55.8 Å². The number of fused-ring (bicyclic) bond motifs is 1. The number of hydrogen-bond acceptors (Lipinski definition) is 2. The second-order valence-corrected chi connectivity index (χ2v) is 7.15. The second-order valence-electron chi connectivity index (χ2n) is 7.15. The number of allylic oxidation sites excluding steroid dienone is 4. The molecule has 0 saturated heterocycles. The van der Waals surface area contributed by atoms with Crippen LogP contribution in [0.25, 0.3) is 0 Å². The molecule has 1 N–H and O–H groups in total. The Bertz CT molecular complexity index is 665. The summed E-state index contributed by atoms with van der Waals surface area (Å²) in [4.78, 5) is 24.2. The molecule has 2 aliphatic rings. The number of carbonyl (C=O) groups is 2. The molecule has 1 fully saturated rings. The lowest BCUT2D eigenvalue weighted by Gasteiger charge is -2.06. The van der Waals surface area contributed by atoms with Crippen LogP contribution in [0.3, 0.4) is 0 Å². The third kappa shape index (κ3) is 4.68. The summed E-state index contributed by atoms with van der Waals surface area (Å²) in [6.07, 6.45) is 15.6. The van der Waals surface area contributed by atoms with E-state index in [1.807, 2.05) is 12.1 Å². The number of ketones is 1. The van der Waals surface area contributed by atoms with Crippen LogP contribution in [0.15, 0.2) is 48.6 Å². The molecule has 3 rings (SSSR count). The Morgan fingerprint density at radius 1 is 0.920 bits per heavy atom. The summed E-state index contributed by atoms with van der Waals surface area (Å²) in [5, 5.41) is 3.03. The van der Waals surface area contributed by atoms with Gasteiger partial charge in [0.2, 0.25) is 5.91 Å². The largest absolute Gasteiger partial charge is 0.326 e. The number of hydrogen-bond donors (Lipinski definition) is 1. The number of Topliss-reactive ketones (excluding diaryl/α,β-unsaturated/α-hetero) is 1. The van der Waals surface area contributed by atoms with Crippen LogP contribution in [0.4, 0.5) is 5.69 Å². The van der Waals surface area contributed by atoms with E-state index in [9.17, 15) is 9.59 Å². The fourth-order valence-corrected chi connectivity index (χ4v) is 3.90. The maximum atomic E-state index is 12.7. The van der Waals surface area contributed by atoms with Gasteiger partial charge in [0.15, 0.2) is 5.78 Å². The van der Waals surface area contributed by atoms with E-state index in [1.54, 1.807) is 19.1 Å². The van der Waals surface area contributed by atoms with Gasteiger partial charge in [0.1, 0.15) is 0 Å². The Labute approximate surface area is 150 Å². The number of nitrogens with one attached hydrogen (secondary N) is 1. The van der Waals surface area contributed by atoms with Crippen molar-refractivity contribution >= 4 is 17.4 Å². The summed E-state index contributed by atoms with van der Waals surface area (Å²) in [5.74, 6) is 1.23. The fourth-order valence-electron chi connectivity index (χ4n) is 3.90. The Morgan fingerprint density at radius 2 is 1.52 bits per heavy atom. The average Bonchev–Trinajstić information content (AvgIpc) is 3.27. The molecule has 0 heterocycles. The molecule has 0 radical (unpaired) electrons. The molecule has 3 heteroatoms. The van der Waals surface area contributed by atoms with E-state index in [-0.39, 0.29) is 17.6 Å². The van der Waals surface area contributed by atoms with Gasteiger partial charge in [-0.25, -0.2) is 0 Å². The predicted molar refractivity (Wildman–Crippen MR) is 102 cm³/mol. The molecule has 132 valence electrons. The van der Waals surface area contributed by atoms with Crippen LogP contribution < -0.4 is 5.32 Å². The molecule has 1 saturated carbocycles. The minimum atomic E-state index is 0.0161. The van der Waals surface area contributed by atoms with Crippen molar-refractivity contribution in [2.45, 2.75) is 45.4 Å². The third-order valence-electron chi connectivity index (χ3n) is 5.34. The number of rotatable bonds is 3. The van der Waals surface area contributed by atoms with E-state index in [2.05, 4.69) is 29.6 Å². The van der Waals surface area contributed by atoms with Gasteiger partial charge in [-0.2, -0.15) is 0 Å². The first-order valence-electron chi connectivity index (χ1n) is 9.38. The summed E-state index contributed by atoms with van der Waals surface area (Å²) in [5.41, 5.74) is 1.36. The highest BCUT2D eigenvalue weighted by atomic mass is 16.2. The zero-order chi connectivity index (χ0) is 17.6. The van der Waals surface area contributed by atoms with Crippen molar-refractivity contribution in [3.63, 3.8) is 0 Å². The Kier molecular flexibility index (Phi) is 5.85. The normalized spacial score (nSPS) is 28.6. The van der Waals surface area contributed by atoms with Gasteiger partial charge in [-0.1, -0.05) is 36.4 Å². The molecule has 1 aromatic rings. The van der Waals surface area contributed by atoms with Crippen LogP contribution in [0, 0.1) is 17.8 Å². The van der Waals surface area contributed by atoms with Gasteiger partial charge in [0.25, 0.3) is 0 Å². The molecule has 1 unspecified atom stereocenters. The number of anilines is 1. The average molecular weight is 337 g/mol. The number of benzene rings is 1. The van der Waals surface area contributed by atoms with Crippen LogP contribution >= 0.6 is 0 Å². The van der Waals surface area contributed by atoms with E-state index in [0.717, 1.165) is 44.2 Å². The molecule has 25 heavy (non-hydrogen) atoms. The van der Waals surface area contributed by atoms with Crippen molar-refractivity contribution in [1.29, 1.82) is 0 Å². The Morgan fingerprint density at radius 3 is 2.12 bits per heavy atom. The van der Waals surface area contributed by atoms with E-state index >= 15 is 0 Å². The number of amides is 1. The predicted octanol–water partition coefficient (Wildman–Crippen LogP) is 5.16. The quantitative estimate of drug-likeness (QED) is 0.612. The van der Waals surface area contributed by atoms with E-state index in [4.69, 9.17) is 0 Å². The van der Waals surface area contributed by atoms with Gasteiger partial charge >= 0.3 is 0 Å². The summed E-state index contributed by atoms with van der Waals surface area (Å²) >= 11 is 0. The summed E-state index contributed by atoms with van der Waals surface area (Å²) in [6, 6.07) is 7.21. The molecule has 0 spiro atoms. The third-order valence-corrected chi connectivity index (χ3v) is 5.34. The first-order chi connectivity index (χ1) is 12.2. The second kappa shape index (κ2) is 8.28. The molecule has 2 aliphatic carbocycles. The van der Waals surface area contributed by atoms with Crippen LogP contribution in [-0.2, 0) is 4.79 Å². The molecule has 0 aliphatic heterocycles. The van der Waals surface area contributed by atoms with E-state index < -0.39 is 0 Å². The van der Waals surface area contributed by atoms with Crippen molar-refractivity contribution in [2.24, 2.45) is 17.8 Å². The first-order valence-corrected chi connectivity index (χ1v) is 9.38. The van der Waals surface area contributed by atoms with Gasteiger partial charge in [-0.15, -0.1) is 0 Å². The zero-order valence-corrected chi connectivity index (χ0v) is 14.9. The molecular formula is C22H27NO2. The maximum Gasteiger partial charge on any atom is 0.228 e. The summed E-state index contributed by atoms with van der Waals surface area (Å²) in [7, 11) is 0. The summed E-state index contributed by atoms with van der Waals surface area (Å²) < 4.78 is 0. The molecule has 1 amide bonds. The van der Waals surface area contributed by atoms with Gasteiger partial charge in [0.05, 0.1) is 0 Å². The highest BCUT2D eigenvalue weighted by Gasteiger charge is 2.52. The standard InChI is InChI=1S/C22H27NO2/c1-16(24)17-11-10-12-18(15-17)23-22(25)21-19-13-8-6-4-2-3-5-7-9-14-20(19)21/h4-7,10-12,15,19-21H,2-3,8-9,13-14H2,1H3,(H,23,25)/b6-4-,7-5+/t19-,20+,21?/m1/s1. The minimum Gasteiger partial charge on any atom is -0.326 e. The first kappa shape index (κ1) is 17.7. The minimum absolute atomic E-state index is 0.0161. The van der Waals surface area contributed by atoms with Gasteiger partial charge < -0.3 is 5.32 Å².